The van der Waals surface area contributed by atoms with E-state index in [1.807, 2.05) is 24.3 Å². The van der Waals surface area contributed by atoms with Crippen LogP contribution in [0.25, 0.3) is 0 Å². The molecule has 1 aromatic rings. The third kappa shape index (κ3) is 2.94. The number of amides is 1. The van der Waals surface area contributed by atoms with Gasteiger partial charge in [0, 0.05) is 44.3 Å². The van der Waals surface area contributed by atoms with Crippen LogP contribution in [0.4, 0.5) is 5.69 Å². The monoisotopic (exact) mass is 275 g/mol. The first-order valence-electron chi connectivity index (χ1n) is 7.25. The number of ether oxygens (including phenoxy) is 1. The quantitative estimate of drug-likeness (QED) is 0.839. The van der Waals surface area contributed by atoms with Crippen LogP contribution in [0.2, 0.25) is 0 Å². The maximum Gasteiger partial charge on any atom is 0.253 e. The van der Waals surface area contributed by atoms with Crippen molar-refractivity contribution in [3.63, 3.8) is 0 Å². The number of nitrogens with one attached hydrogen (secondary N) is 2. The molecule has 0 atom stereocenters. The second kappa shape index (κ2) is 6.24. The Morgan fingerprint density at radius 2 is 2.05 bits per heavy atom. The van der Waals surface area contributed by atoms with Gasteiger partial charge in [-0.2, -0.15) is 0 Å². The number of carbonyl (C=O) groups excluding carboxylic acids is 1. The summed E-state index contributed by atoms with van der Waals surface area (Å²) in [5.74, 6) is 0.605. The van der Waals surface area contributed by atoms with Crippen molar-refractivity contribution in [3.8, 4) is 0 Å². The van der Waals surface area contributed by atoms with Crippen LogP contribution in [0.1, 0.15) is 10.4 Å². The molecule has 108 valence electrons. The highest BCUT2D eigenvalue weighted by Crippen LogP contribution is 2.21. The lowest BCUT2D eigenvalue weighted by atomic mass is 10.0. The number of carbonyl (C=O) groups is 1. The summed E-state index contributed by atoms with van der Waals surface area (Å²) in [5.41, 5.74) is 1.78. The van der Waals surface area contributed by atoms with Gasteiger partial charge < -0.3 is 20.3 Å². The zero-order valence-electron chi connectivity index (χ0n) is 11.6. The van der Waals surface area contributed by atoms with Crippen molar-refractivity contribution in [2.75, 3.05) is 50.8 Å². The normalized spacial score (nSPS) is 19.5. The van der Waals surface area contributed by atoms with E-state index in [9.17, 15) is 4.79 Å². The lowest BCUT2D eigenvalue weighted by Crippen LogP contribution is -2.48. The predicted molar refractivity (Wildman–Crippen MR) is 78.2 cm³/mol. The van der Waals surface area contributed by atoms with Crippen molar-refractivity contribution in [1.82, 2.24) is 10.6 Å². The van der Waals surface area contributed by atoms with Crippen LogP contribution in [0.15, 0.2) is 24.3 Å². The van der Waals surface area contributed by atoms with E-state index in [0.717, 1.165) is 57.2 Å². The average Bonchev–Trinajstić information content (AvgIpc) is 2.46. The first-order valence-corrected chi connectivity index (χ1v) is 7.25. The third-order valence-electron chi connectivity index (χ3n) is 3.92. The van der Waals surface area contributed by atoms with Gasteiger partial charge in [-0.15, -0.1) is 0 Å². The van der Waals surface area contributed by atoms with E-state index in [2.05, 4.69) is 15.5 Å². The number of morpholine rings is 1. The molecule has 2 aliphatic heterocycles. The van der Waals surface area contributed by atoms with E-state index in [-0.39, 0.29) is 5.91 Å². The summed E-state index contributed by atoms with van der Waals surface area (Å²) >= 11 is 0. The molecule has 0 saturated carbocycles. The summed E-state index contributed by atoms with van der Waals surface area (Å²) in [4.78, 5) is 14.6. The van der Waals surface area contributed by atoms with Gasteiger partial charge in [0.05, 0.1) is 18.8 Å². The first kappa shape index (κ1) is 13.4. The van der Waals surface area contributed by atoms with Crippen LogP contribution < -0.4 is 15.5 Å². The Labute approximate surface area is 119 Å². The van der Waals surface area contributed by atoms with E-state index in [1.165, 1.54) is 0 Å². The maximum atomic E-state index is 12.4. The van der Waals surface area contributed by atoms with Gasteiger partial charge in [0.1, 0.15) is 0 Å². The standard InChI is InChI=1S/C15H21N3O2/c19-15(17-11-12-9-16-10-12)13-3-1-2-4-14(13)18-5-7-20-8-6-18/h1-4,12,16H,5-11H2,(H,17,19). The minimum absolute atomic E-state index is 0.0268. The lowest BCUT2D eigenvalue weighted by Gasteiger charge is -2.31. The Morgan fingerprint density at radius 1 is 1.30 bits per heavy atom. The Bertz CT molecular complexity index is 468. The smallest absolute Gasteiger partial charge is 0.253 e. The topological polar surface area (TPSA) is 53.6 Å². The molecule has 0 aliphatic carbocycles. The molecule has 5 heteroatoms. The number of para-hydroxylation sites is 1. The van der Waals surface area contributed by atoms with E-state index in [4.69, 9.17) is 4.74 Å². The zero-order chi connectivity index (χ0) is 13.8. The van der Waals surface area contributed by atoms with Gasteiger partial charge >= 0.3 is 0 Å². The molecule has 20 heavy (non-hydrogen) atoms. The van der Waals surface area contributed by atoms with Crippen molar-refractivity contribution in [2.24, 2.45) is 5.92 Å². The fraction of sp³-hybridized carbons (Fsp3) is 0.533. The van der Waals surface area contributed by atoms with Gasteiger partial charge in [-0.05, 0) is 12.1 Å². The lowest BCUT2D eigenvalue weighted by molar-refractivity contribution is 0.0941. The first-order chi connectivity index (χ1) is 9.84. The van der Waals surface area contributed by atoms with Gasteiger partial charge in [0.25, 0.3) is 5.91 Å². The summed E-state index contributed by atoms with van der Waals surface area (Å²) in [6, 6.07) is 7.82. The minimum atomic E-state index is 0.0268. The Balaban J connectivity index is 1.69. The highest BCUT2D eigenvalue weighted by atomic mass is 16.5. The number of rotatable bonds is 4. The van der Waals surface area contributed by atoms with E-state index in [1.54, 1.807) is 0 Å². The van der Waals surface area contributed by atoms with Gasteiger partial charge in [0.15, 0.2) is 0 Å². The predicted octanol–water partition coefficient (Wildman–Crippen LogP) is 0.472. The van der Waals surface area contributed by atoms with Crippen molar-refractivity contribution in [3.05, 3.63) is 29.8 Å². The molecule has 1 amide bonds. The molecule has 2 aliphatic rings. The number of hydrogen-bond donors (Lipinski definition) is 2. The van der Waals surface area contributed by atoms with Crippen LogP contribution in [0.3, 0.4) is 0 Å². The maximum absolute atomic E-state index is 12.4. The number of hydrogen-bond acceptors (Lipinski definition) is 4. The van der Waals surface area contributed by atoms with Gasteiger partial charge in [0.2, 0.25) is 0 Å². The molecule has 3 rings (SSSR count). The third-order valence-corrected chi connectivity index (χ3v) is 3.92. The fourth-order valence-corrected chi connectivity index (χ4v) is 2.57. The fourth-order valence-electron chi connectivity index (χ4n) is 2.57. The van der Waals surface area contributed by atoms with E-state index < -0.39 is 0 Å². The summed E-state index contributed by atoms with van der Waals surface area (Å²) in [5, 5.41) is 6.26. The van der Waals surface area contributed by atoms with E-state index >= 15 is 0 Å². The molecule has 1 aromatic carbocycles. The second-order valence-electron chi connectivity index (χ2n) is 5.35. The van der Waals surface area contributed by atoms with E-state index in [0.29, 0.717) is 5.92 Å². The molecule has 2 saturated heterocycles. The van der Waals surface area contributed by atoms with Crippen molar-refractivity contribution in [1.29, 1.82) is 0 Å². The molecule has 2 heterocycles. The summed E-state index contributed by atoms with van der Waals surface area (Å²) in [7, 11) is 0. The van der Waals surface area contributed by atoms with Crippen molar-refractivity contribution in [2.45, 2.75) is 0 Å². The number of anilines is 1. The zero-order valence-corrected chi connectivity index (χ0v) is 11.6. The van der Waals surface area contributed by atoms with Gasteiger partial charge in [-0.25, -0.2) is 0 Å². The van der Waals surface area contributed by atoms with Crippen LogP contribution in [-0.4, -0.2) is 51.8 Å². The Morgan fingerprint density at radius 3 is 2.75 bits per heavy atom. The Hall–Kier alpha value is -1.59. The van der Waals surface area contributed by atoms with Gasteiger partial charge in [-0.3, -0.25) is 4.79 Å². The van der Waals surface area contributed by atoms with Crippen molar-refractivity contribution >= 4 is 11.6 Å². The molecular formula is C15H21N3O2. The van der Waals surface area contributed by atoms with Crippen molar-refractivity contribution < 1.29 is 9.53 Å². The van der Waals surface area contributed by atoms with Gasteiger partial charge in [-0.1, -0.05) is 12.1 Å². The highest BCUT2D eigenvalue weighted by molar-refractivity contribution is 5.99. The molecule has 0 spiro atoms. The average molecular weight is 275 g/mol. The molecular weight excluding hydrogens is 254 g/mol. The molecule has 5 nitrogen and oxygen atoms in total. The van der Waals surface area contributed by atoms with Crippen LogP contribution in [0, 0.1) is 5.92 Å². The molecule has 0 bridgehead atoms. The largest absolute Gasteiger partial charge is 0.378 e. The molecule has 0 unspecified atom stereocenters. The molecule has 2 fully saturated rings. The summed E-state index contributed by atoms with van der Waals surface area (Å²) < 4.78 is 5.37. The molecule has 0 aromatic heterocycles. The number of benzene rings is 1. The van der Waals surface area contributed by atoms with Crippen LogP contribution >= 0.6 is 0 Å². The highest BCUT2D eigenvalue weighted by Gasteiger charge is 2.21. The summed E-state index contributed by atoms with van der Waals surface area (Å²) in [6.45, 7) is 5.90. The number of nitrogens with zero attached hydrogens (tertiary/aromatic N) is 1. The molecule has 0 radical (unpaired) electrons. The Kier molecular flexibility index (Phi) is 4.18. The second-order valence-corrected chi connectivity index (χ2v) is 5.35. The van der Waals surface area contributed by atoms with Crippen LogP contribution in [-0.2, 0) is 4.74 Å². The summed E-state index contributed by atoms with van der Waals surface area (Å²) in [6.07, 6.45) is 0. The van der Waals surface area contributed by atoms with Crippen LogP contribution in [0.5, 0.6) is 0 Å². The minimum Gasteiger partial charge on any atom is -0.378 e. The SMILES string of the molecule is O=C(NCC1CNC1)c1ccccc1N1CCOCC1. The molecule has 2 N–H and O–H groups in total.